The number of anilines is 1. The van der Waals surface area contributed by atoms with Gasteiger partial charge in [-0.1, -0.05) is 30.3 Å². The molecule has 0 saturated heterocycles. The molecule has 0 saturated carbocycles. The Balaban J connectivity index is 1.39. The van der Waals surface area contributed by atoms with E-state index in [9.17, 15) is 13.2 Å². The quantitative estimate of drug-likeness (QED) is 0.323. The average molecular weight is 483 g/mol. The van der Waals surface area contributed by atoms with Crippen molar-refractivity contribution in [2.24, 2.45) is 0 Å². The van der Waals surface area contributed by atoms with E-state index in [1.54, 1.807) is 66.7 Å². The first-order valence-corrected chi connectivity index (χ1v) is 12.6. The van der Waals surface area contributed by atoms with Crippen LogP contribution in [0.5, 0.6) is 11.5 Å². The van der Waals surface area contributed by atoms with Crippen molar-refractivity contribution < 1.29 is 26.7 Å². The minimum absolute atomic E-state index is 0.00553. The van der Waals surface area contributed by atoms with Crippen LogP contribution in [-0.2, 0) is 14.8 Å². The van der Waals surface area contributed by atoms with Gasteiger partial charge in [0, 0.05) is 11.8 Å². The van der Waals surface area contributed by atoms with Gasteiger partial charge in [-0.05, 0) is 48.2 Å². The molecule has 4 aromatic rings. The Labute approximate surface area is 194 Å². The van der Waals surface area contributed by atoms with Crippen molar-refractivity contribution >= 4 is 44.4 Å². The van der Waals surface area contributed by atoms with E-state index >= 15 is 0 Å². The molecule has 0 spiro atoms. The summed E-state index contributed by atoms with van der Waals surface area (Å²) in [5, 5.41) is 3.16. The van der Waals surface area contributed by atoms with Crippen molar-refractivity contribution in [2.75, 3.05) is 24.3 Å². The molecule has 0 fully saturated rings. The molecule has 3 aromatic carbocycles. The van der Waals surface area contributed by atoms with Gasteiger partial charge in [-0.3, -0.25) is 4.79 Å². The van der Waals surface area contributed by atoms with E-state index in [0.717, 1.165) is 11.8 Å². The van der Waals surface area contributed by atoms with Crippen molar-refractivity contribution in [1.29, 1.82) is 0 Å². The van der Waals surface area contributed by atoms with Crippen molar-refractivity contribution in [3.63, 3.8) is 0 Å². The number of hydrogen-bond acceptors (Lipinski definition) is 6. The van der Waals surface area contributed by atoms with Gasteiger partial charge in [0.25, 0.3) is 0 Å². The molecule has 1 amide bonds. The lowest BCUT2D eigenvalue weighted by Crippen LogP contribution is -2.44. The highest BCUT2D eigenvalue weighted by molar-refractivity contribution is 8.00. The molecule has 0 aliphatic carbocycles. The third-order valence-corrected chi connectivity index (χ3v) is 7.80. The fraction of sp³-hybridized carbons (Fsp3) is 0.130. The second-order valence-electron chi connectivity index (χ2n) is 7.23. The van der Waals surface area contributed by atoms with Crippen LogP contribution >= 0.6 is 11.8 Å². The number of aromatic nitrogens is 2. The van der Waals surface area contributed by atoms with Gasteiger partial charge in [0.05, 0.1) is 5.75 Å². The summed E-state index contributed by atoms with van der Waals surface area (Å²) in [5.74, 6) is 0.943. The Morgan fingerprint density at radius 1 is 0.970 bits per heavy atom. The highest BCUT2D eigenvalue weighted by Gasteiger charge is 2.31. The first-order chi connectivity index (χ1) is 16.0. The lowest BCUT2D eigenvalue weighted by molar-refractivity contribution is -0.526. The minimum Gasteiger partial charge on any atom is -0.486 e. The van der Waals surface area contributed by atoms with Gasteiger partial charge in [-0.25, -0.2) is 4.98 Å². The van der Waals surface area contributed by atoms with Crippen LogP contribution in [0, 0.1) is 0 Å². The van der Waals surface area contributed by atoms with E-state index < -0.39 is 10.0 Å². The predicted octanol–water partition coefficient (Wildman–Crippen LogP) is 3.19. The van der Waals surface area contributed by atoms with Gasteiger partial charge in [0.15, 0.2) is 22.5 Å². The maximum absolute atomic E-state index is 13.4. The second kappa shape index (κ2) is 8.80. The van der Waals surface area contributed by atoms with Gasteiger partial charge in [-0.15, -0.1) is 3.97 Å². The summed E-state index contributed by atoms with van der Waals surface area (Å²) < 4.78 is 39.1. The zero-order valence-electron chi connectivity index (χ0n) is 17.4. The fourth-order valence-corrected chi connectivity index (χ4v) is 6.10. The third kappa shape index (κ3) is 4.27. The smallest absolute Gasteiger partial charge is 0.336 e. The molecule has 8 nitrogen and oxygen atoms in total. The summed E-state index contributed by atoms with van der Waals surface area (Å²) in [6.45, 7) is 0.947. The molecule has 0 unspecified atom stereocenters. The fourth-order valence-electron chi connectivity index (χ4n) is 3.52. The van der Waals surface area contributed by atoms with Gasteiger partial charge in [0.1, 0.15) is 18.1 Å². The summed E-state index contributed by atoms with van der Waals surface area (Å²) in [4.78, 5) is 15.9. The number of amides is 1. The summed E-state index contributed by atoms with van der Waals surface area (Å²) in [6.07, 6.45) is 0. The van der Waals surface area contributed by atoms with Crippen molar-refractivity contribution in [3.8, 4) is 11.5 Å². The predicted molar refractivity (Wildman–Crippen MR) is 124 cm³/mol. The van der Waals surface area contributed by atoms with Crippen LogP contribution < -0.4 is 18.8 Å². The van der Waals surface area contributed by atoms with Crippen LogP contribution in [0.3, 0.4) is 0 Å². The third-order valence-electron chi connectivity index (χ3n) is 5.00. The lowest BCUT2D eigenvalue weighted by atomic mass is 10.2. The Kier molecular flexibility index (Phi) is 5.69. The number of nitrogens with one attached hydrogen (secondary N) is 2. The molecule has 0 atom stereocenters. The van der Waals surface area contributed by atoms with Crippen molar-refractivity contribution in [3.05, 3.63) is 72.8 Å². The van der Waals surface area contributed by atoms with E-state index in [0.29, 0.717) is 46.6 Å². The van der Waals surface area contributed by atoms with Crippen LogP contribution in [0.25, 0.3) is 11.0 Å². The maximum atomic E-state index is 13.4. The Bertz CT molecular complexity index is 1440. The molecule has 2 N–H and O–H groups in total. The Hall–Kier alpha value is -3.50. The van der Waals surface area contributed by atoms with Crippen LogP contribution in [0.1, 0.15) is 0 Å². The summed E-state index contributed by atoms with van der Waals surface area (Å²) >= 11 is 1.11. The lowest BCUT2D eigenvalue weighted by Gasteiger charge is -2.18. The number of H-pyrrole nitrogens is 1. The van der Waals surface area contributed by atoms with E-state index in [1.807, 2.05) is 6.07 Å². The molecule has 2 heterocycles. The maximum Gasteiger partial charge on any atom is 0.336 e. The standard InChI is InChI=1S/C23H19N3O5S2/c27-22(24-16-10-11-20-21(14-16)31-13-12-30-20)15-32-23-25-18-8-4-5-9-19(18)26(23)33(28,29)17-6-2-1-3-7-17/h1-11,14H,12-13,15H2,(H,24,27)/p+1. The summed E-state index contributed by atoms with van der Waals surface area (Å²) in [5.41, 5.74) is 1.74. The van der Waals surface area contributed by atoms with Crippen LogP contribution in [0.2, 0.25) is 0 Å². The molecular formula is C23H20N3O5S2+. The molecular weight excluding hydrogens is 462 g/mol. The number of carbonyl (C=O) groups is 1. The second-order valence-corrected chi connectivity index (χ2v) is 9.98. The summed E-state index contributed by atoms with van der Waals surface area (Å²) in [7, 11) is -3.87. The summed E-state index contributed by atoms with van der Waals surface area (Å²) in [6, 6.07) is 20.5. The van der Waals surface area contributed by atoms with E-state index in [-0.39, 0.29) is 16.6 Å². The number of rotatable bonds is 6. The topological polar surface area (TPSA) is 101 Å². The van der Waals surface area contributed by atoms with Crippen LogP contribution in [0.15, 0.2) is 82.8 Å². The molecule has 5 rings (SSSR count). The first-order valence-electron chi connectivity index (χ1n) is 10.2. The molecule has 10 heteroatoms. The van der Waals surface area contributed by atoms with Gasteiger partial charge < -0.3 is 14.8 Å². The molecule has 33 heavy (non-hydrogen) atoms. The number of benzene rings is 3. The van der Waals surface area contributed by atoms with Gasteiger partial charge in [0.2, 0.25) is 5.91 Å². The Morgan fingerprint density at radius 3 is 2.52 bits per heavy atom. The van der Waals surface area contributed by atoms with Crippen LogP contribution in [-0.4, -0.2) is 38.3 Å². The number of ether oxygens (including phenoxy) is 2. The molecule has 0 bridgehead atoms. The number of nitrogens with zero attached hydrogens (tertiary/aromatic N) is 1. The van der Waals surface area contributed by atoms with E-state index in [4.69, 9.17) is 9.47 Å². The number of para-hydroxylation sites is 2. The highest BCUT2D eigenvalue weighted by atomic mass is 32.2. The Morgan fingerprint density at radius 2 is 1.70 bits per heavy atom. The van der Waals surface area contributed by atoms with Crippen molar-refractivity contribution in [2.45, 2.75) is 10.1 Å². The zero-order chi connectivity index (χ0) is 22.8. The SMILES string of the molecule is O=C(CSc1[nH]c2ccccc2[n+]1S(=O)(=O)c1ccccc1)Nc1ccc2c(c1)OCCO2. The monoisotopic (exact) mass is 482 g/mol. The molecule has 1 aliphatic heterocycles. The van der Waals surface area contributed by atoms with Crippen LogP contribution in [0.4, 0.5) is 5.69 Å². The minimum atomic E-state index is -3.87. The number of carbonyl (C=O) groups excluding carboxylic acids is 1. The van der Waals surface area contributed by atoms with Crippen molar-refractivity contribution in [1.82, 2.24) is 4.98 Å². The van der Waals surface area contributed by atoms with E-state index in [2.05, 4.69) is 10.3 Å². The molecule has 1 aliphatic rings. The number of imidazole rings is 1. The highest BCUT2D eigenvalue weighted by Crippen LogP contribution is 2.32. The number of hydrogen-bond donors (Lipinski definition) is 2. The zero-order valence-corrected chi connectivity index (χ0v) is 19.0. The average Bonchev–Trinajstić information content (AvgIpc) is 3.22. The van der Waals surface area contributed by atoms with Gasteiger partial charge >= 0.3 is 15.2 Å². The first kappa shape index (κ1) is 21.4. The molecule has 1 aromatic heterocycles. The largest absolute Gasteiger partial charge is 0.486 e. The normalized spacial score (nSPS) is 13.1. The number of aromatic amines is 1. The molecule has 168 valence electrons. The van der Waals surface area contributed by atoms with E-state index in [1.165, 1.54) is 3.97 Å². The number of thioether (sulfide) groups is 1. The number of fused-ring (bicyclic) bond motifs is 2. The molecule has 0 radical (unpaired) electrons. The van der Waals surface area contributed by atoms with Gasteiger partial charge in [-0.2, -0.15) is 8.42 Å².